The van der Waals surface area contributed by atoms with Crippen molar-refractivity contribution in [1.82, 2.24) is 0 Å². The van der Waals surface area contributed by atoms with Gasteiger partial charge in [0.15, 0.2) is 0 Å². The number of benzene rings is 1. The van der Waals surface area contributed by atoms with E-state index in [0.29, 0.717) is 0 Å². The summed E-state index contributed by atoms with van der Waals surface area (Å²) in [7, 11) is 1.65. The van der Waals surface area contributed by atoms with Gasteiger partial charge in [-0.3, -0.25) is 0 Å². The number of hydrogen-bond donors (Lipinski definition) is 1. The number of rotatable bonds is 4. The van der Waals surface area contributed by atoms with Gasteiger partial charge in [0, 0.05) is 6.61 Å². The molecule has 15 heavy (non-hydrogen) atoms. The second-order valence-electron chi connectivity index (χ2n) is 4.21. The van der Waals surface area contributed by atoms with Gasteiger partial charge in [-0.05, 0) is 45.5 Å². The molecule has 0 saturated heterocycles. The molecule has 0 aliphatic rings. The Labute approximate surface area is 99.4 Å². The third kappa shape index (κ3) is 2.95. The van der Waals surface area contributed by atoms with E-state index in [1.165, 1.54) is 5.56 Å². The highest BCUT2D eigenvalue weighted by molar-refractivity contribution is 9.10. The molecule has 1 N–H and O–H groups in total. The van der Waals surface area contributed by atoms with Crippen LogP contribution < -0.4 is 4.74 Å². The van der Waals surface area contributed by atoms with Crippen molar-refractivity contribution in [3.63, 3.8) is 0 Å². The minimum atomic E-state index is -0.0104. The summed E-state index contributed by atoms with van der Waals surface area (Å²) in [6, 6.07) is 6.03. The Morgan fingerprint density at radius 1 is 1.40 bits per heavy atom. The van der Waals surface area contributed by atoms with Gasteiger partial charge in [-0.2, -0.15) is 0 Å². The number of methoxy groups -OCH3 is 1. The Balaban J connectivity index is 3.01. The van der Waals surface area contributed by atoms with Gasteiger partial charge in [0.05, 0.1) is 11.6 Å². The van der Waals surface area contributed by atoms with Crippen molar-refractivity contribution in [3.05, 3.63) is 28.2 Å². The molecule has 0 aliphatic carbocycles. The molecular weight excluding hydrogens is 256 g/mol. The fourth-order valence-electron chi connectivity index (χ4n) is 1.51. The fraction of sp³-hybridized carbons (Fsp3) is 0.500. The third-order valence-electron chi connectivity index (χ3n) is 2.67. The highest BCUT2D eigenvalue weighted by Gasteiger charge is 2.20. The number of ether oxygens (including phenoxy) is 1. The molecule has 0 atom stereocenters. The van der Waals surface area contributed by atoms with Crippen LogP contribution in [-0.2, 0) is 5.41 Å². The first-order chi connectivity index (χ1) is 7.01. The number of halogens is 1. The first-order valence-electron chi connectivity index (χ1n) is 4.96. The molecule has 0 unspecified atom stereocenters. The minimum Gasteiger partial charge on any atom is -0.496 e. The van der Waals surface area contributed by atoms with Gasteiger partial charge in [0.1, 0.15) is 5.75 Å². The van der Waals surface area contributed by atoms with Crippen LogP contribution in [0.5, 0.6) is 5.75 Å². The highest BCUT2D eigenvalue weighted by atomic mass is 79.9. The second kappa shape index (κ2) is 4.99. The van der Waals surface area contributed by atoms with Gasteiger partial charge in [0.25, 0.3) is 0 Å². The first-order valence-corrected chi connectivity index (χ1v) is 5.75. The number of aliphatic hydroxyl groups is 1. The molecule has 0 bridgehead atoms. The van der Waals surface area contributed by atoms with E-state index in [9.17, 15) is 0 Å². The summed E-state index contributed by atoms with van der Waals surface area (Å²) in [6.45, 7) is 4.45. The summed E-state index contributed by atoms with van der Waals surface area (Å²) in [5.74, 6) is 0.832. The summed E-state index contributed by atoms with van der Waals surface area (Å²) in [6.07, 6.45) is 0.756. The third-order valence-corrected chi connectivity index (χ3v) is 3.29. The summed E-state index contributed by atoms with van der Waals surface area (Å²) < 4.78 is 6.13. The quantitative estimate of drug-likeness (QED) is 0.913. The molecule has 2 nitrogen and oxygen atoms in total. The lowest BCUT2D eigenvalue weighted by atomic mass is 9.82. The van der Waals surface area contributed by atoms with E-state index in [1.807, 2.05) is 12.1 Å². The molecule has 1 aromatic rings. The normalized spacial score (nSPS) is 11.5. The molecule has 0 fully saturated rings. The molecular formula is C12H17BrO2. The van der Waals surface area contributed by atoms with Crippen LogP contribution in [0.3, 0.4) is 0 Å². The Morgan fingerprint density at radius 3 is 2.53 bits per heavy atom. The van der Waals surface area contributed by atoms with Crippen molar-refractivity contribution >= 4 is 15.9 Å². The highest BCUT2D eigenvalue weighted by Crippen LogP contribution is 2.33. The number of aliphatic hydroxyl groups excluding tert-OH is 1. The van der Waals surface area contributed by atoms with Crippen molar-refractivity contribution in [2.24, 2.45) is 0 Å². The molecule has 0 aromatic heterocycles. The fourth-order valence-corrected chi connectivity index (χ4v) is 2.05. The molecule has 0 spiro atoms. The van der Waals surface area contributed by atoms with Crippen molar-refractivity contribution in [3.8, 4) is 5.75 Å². The van der Waals surface area contributed by atoms with Gasteiger partial charge in [0.2, 0.25) is 0 Å². The summed E-state index contributed by atoms with van der Waals surface area (Å²) in [4.78, 5) is 0. The average Bonchev–Trinajstić information content (AvgIpc) is 2.17. The summed E-state index contributed by atoms with van der Waals surface area (Å²) in [5, 5.41) is 9.00. The van der Waals surface area contributed by atoms with E-state index in [0.717, 1.165) is 16.6 Å². The predicted molar refractivity (Wildman–Crippen MR) is 65.4 cm³/mol. The standard InChI is InChI=1S/C12H17BrO2/c1-12(2,6-7-14)9-4-5-11(15-3)10(13)8-9/h4-5,8,14H,6-7H2,1-3H3. The van der Waals surface area contributed by atoms with E-state index in [4.69, 9.17) is 9.84 Å². The summed E-state index contributed by atoms with van der Waals surface area (Å²) in [5.41, 5.74) is 1.19. The molecule has 0 aliphatic heterocycles. The molecule has 0 saturated carbocycles. The van der Waals surface area contributed by atoms with Gasteiger partial charge >= 0.3 is 0 Å². The smallest absolute Gasteiger partial charge is 0.133 e. The zero-order valence-corrected chi connectivity index (χ0v) is 11.0. The van der Waals surface area contributed by atoms with E-state index < -0.39 is 0 Å². The number of hydrogen-bond acceptors (Lipinski definition) is 2. The summed E-state index contributed by atoms with van der Waals surface area (Å²) >= 11 is 3.46. The van der Waals surface area contributed by atoms with Crippen LogP contribution in [0.25, 0.3) is 0 Å². The molecule has 0 amide bonds. The van der Waals surface area contributed by atoms with Crippen LogP contribution in [0.4, 0.5) is 0 Å². The van der Waals surface area contributed by atoms with Gasteiger partial charge in [-0.1, -0.05) is 19.9 Å². The minimum absolute atomic E-state index is 0.0104. The van der Waals surface area contributed by atoms with E-state index in [1.54, 1.807) is 7.11 Å². The maximum Gasteiger partial charge on any atom is 0.133 e. The molecule has 3 heteroatoms. The monoisotopic (exact) mass is 272 g/mol. The predicted octanol–water partition coefficient (Wildman–Crippen LogP) is 3.12. The van der Waals surface area contributed by atoms with E-state index in [2.05, 4.69) is 35.8 Å². The average molecular weight is 273 g/mol. The Hall–Kier alpha value is -0.540. The Morgan fingerprint density at radius 2 is 2.07 bits per heavy atom. The maximum absolute atomic E-state index is 9.00. The molecule has 84 valence electrons. The Bertz CT molecular complexity index is 334. The van der Waals surface area contributed by atoms with Crippen molar-refractivity contribution in [2.45, 2.75) is 25.7 Å². The maximum atomic E-state index is 9.00. The van der Waals surface area contributed by atoms with Crippen LogP contribution in [0.15, 0.2) is 22.7 Å². The van der Waals surface area contributed by atoms with Crippen molar-refractivity contribution < 1.29 is 9.84 Å². The lowest BCUT2D eigenvalue weighted by Gasteiger charge is -2.24. The SMILES string of the molecule is COc1ccc(C(C)(C)CCO)cc1Br. The van der Waals surface area contributed by atoms with E-state index in [-0.39, 0.29) is 12.0 Å². The largest absolute Gasteiger partial charge is 0.496 e. The first kappa shape index (κ1) is 12.5. The second-order valence-corrected chi connectivity index (χ2v) is 5.06. The topological polar surface area (TPSA) is 29.5 Å². The molecule has 0 radical (unpaired) electrons. The zero-order valence-electron chi connectivity index (χ0n) is 9.38. The van der Waals surface area contributed by atoms with Crippen molar-refractivity contribution in [1.29, 1.82) is 0 Å². The van der Waals surface area contributed by atoms with Crippen LogP contribution in [-0.4, -0.2) is 18.8 Å². The van der Waals surface area contributed by atoms with Crippen LogP contribution in [0.1, 0.15) is 25.8 Å². The molecule has 0 heterocycles. The molecule has 1 rings (SSSR count). The zero-order chi connectivity index (χ0) is 11.5. The van der Waals surface area contributed by atoms with Crippen LogP contribution in [0, 0.1) is 0 Å². The van der Waals surface area contributed by atoms with E-state index >= 15 is 0 Å². The lowest BCUT2D eigenvalue weighted by molar-refractivity contribution is 0.252. The lowest BCUT2D eigenvalue weighted by Crippen LogP contribution is -2.18. The van der Waals surface area contributed by atoms with Gasteiger partial charge < -0.3 is 9.84 Å². The molecule has 1 aromatic carbocycles. The van der Waals surface area contributed by atoms with Crippen LogP contribution >= 0.6 is 15.9 Å². The van der Waals surface area contributed by atoms with Crippen LogP contribution in [0.2, 0.25) is 0 Å². The Kier molecular flexibility index (Phi) is 4.17. The van der Waals surface area contributed by atoms with Crippen molar-refractivity contribution in [2.75, 3.05) is 13.7 Å². The van der Waals surface area contributed by atoms with Gasteiger partial charge in [-0.15, -0.1) is 0 Å². The van der Waals surface area contributed by atoms with Gasteiger partial charge in [-0.25, -0.2) is 0 Å².